The molecule has 0 saturated heterocycles. The van der Waals surface area contributed by atoms with E-state index in [-0.39, 0.29) is 5.91 Å². The minimum atomic E-state index is -0.394. The number of hydrogen-bond acceptors (Lipinski definition) is 4. The molecule has 5 nitrogen and oxygen atoms in total. The molecule has 0 atom stereocenters. The van der Waals surface area contributed by atoms with Gasteiger partial charge in [-0.1, -0.05) is 0 Å². The van der Waals surface area contributed by atoms with E-state index >= 15 is 0 Å². The van der Waals surface area contributed by atoms with Crippen molar-refractivity contribution in [1.29, 1.82) is 0 Å². The molecule has 27 heavy (non-hydrogen) atoms. The molecule has 2 aromatic carbocycles. The van der Waals surface area contributed by atoms with Crippen LogP contribution in [-0.2, 0) is 0 Å². The van der Waals surface area contributed by atoms with Crippen molar-refractivity contribution in [2.75, 3.05) is 18.5 Å². The second-order valence-corrected chi connectivity index (χ2v) is 5.95. The van der Waals surface area contributed by atoms with Gasteiger partial charge >= 0.3 is 0 Å². The second kappa shape index (κ2) is 8.03. The van der Waals surface area contributed by atoms with Gasteiger partial charge in [0, 0.05) is 23.2 Å². The Hall–Kier alpha value is -3.15. The van der Waals surface area contributed by atoms with Crippen molar-refractivity contribution >= 4 is 22.5 Å². The quantitative estimate of drug-likeness (QED) is 0.683. The lowest BCUT2D eigenvalue weighted by molar-refractivity contribution is 0.102. The van der Waals surface area contributed by atoms with Gasteiger partial charge in [0.15, 0.2) is 0 Å². The number of fused-ring (bicyclic) bond motifs is 1. The molecule has 140 valence electrons. The van der Waals surface area contributed by atoms with Gasteiger partial charge in [-0.25, -0.2) is 4.39 Å². The first-order chi connectivity index (χ1) is 13.0. The summed E-state index contributed by atoms with van der Waals surface area (Å²) in [6, 6.07) is 11.2. The third-order valence-corrected chi connectivity index (χ3v) is 3.95. The molecule has 1 amide bonds. The maximum Gasteiger partial charge on any atom is 0.256 e. The van der Waals surface area contributed by atoms with E-state index < -0.39 is 5.82 Å². The van der Waals surface area contributed by atoms with Crippen molar-refractivity contribution in [3.05, 3.63) is 59.5 Å². The van der Waals surface area contributed by atoms with Crippen molar-refractivity contribution in [3.8, 4) is 11.5 Å². The fourth-order valence-electron chi connectivity index (χ4n) is 2.86. The fraction of sp³-hybridized carbons (Fsp3) is 0.238. The SMILES string of the molecule is CCOc1ccc(OCC)c(NC(=O)c2cc(C)nc3cc(F)ccc23)c1. The molecule has 3 aromatic rings. The van der Waals surface area contributed by atoms with Crippen LogP contribution in [0.4, 0.5) is 10.1 Å². The van der Waals surface area contributed by atoms with Gasteiger partial charge in [-0.2, -0.15) is 0 Å². The molecule has 0 spiro atoms. The van der Waals surface area contributed by atoms with Crippen LogP contribution in [0.5, 0.6) is 11.5 Å². The van der Waals surface area contributed by atoms with Gasteiger partial charge in [0.05, 0.1) is 30.0 Å². The molecular weight excluding hydrogens is 347 g/mol. The number of rotatable bonds is 6. The van der Waals surface area contributed by atoms with Crippen molar-refractivity contribution in [3.63, 3.8) is 0 Å². The van der Waals surface area contributed by atoms with E-state index in [9.17, 15) is 9.18 Å². The van der Waals surface area contributed by atoms with Crippen LogP contribution in [0.2, 0.25) is 0 Å². The predicted molar refractivity (Wildman–Crippen MR) is 103 cm³/mol. The Kier molecular flexibility index (Phi) is 5.54. The third kappa shape index (κ3) is 4.16. The predicted octanol–water partition coefficient (Wildman–Crippen LogP) is 4.73. The lowest BCUT2D eigenvalue weighted by Crippen LogP contribution is -2.14. The Morgan fingerprint density at radius 1 is 1.07 bits per heavy atom. The number of benzene rings is 2. The van der Waals surface area contributed by atoms with Crippen LogP contribution in [0.1, 0.15) is 29.9 Å². The zero-order valence-corrected chi connectivity index (χ0v) is 15.5. The molecule has 0 unspecified atom stereocenters. The molecule has 0 saturated carbocycles. The summed E-state index contributed by atoms with van der Waals surface area (Å²) in [5.74, 6) is 0.464. The standard InChI is InChI=1S/C21H21FN2O3/c1-4-26-15-7-9-20(27-5-2)19(12-15)24-21(25)17-10-13(3)23-18-11-14(22)6-8-16(17)18/h6-12H,4-5H2,1-3H3,(H,24,25). The van der Waals surface area contributed by atoms with E-state index in [1.807, 2.05) is 13.8 Å². The monoisotopic (exact) mass is 368 g/mol. The average molecular weight is 368 g/mol. The number of aryl methyl sites for hydroxylation is 1. The van der Waals surface area contributed by atoms with E-state index in [0.29, 0.717) is 52.6 Å². The topological polar surface area (TPSA) is 60.5 Å². The number of carbonyl (C=O) groups is 1. The number of aromatic nitrogens is 1. The van der Waals surface area contributed by atoms with Crippen LogP contribution >= 0.6 is 0 Å². The van der Waals surface area contributed by atoms with Gasteiger partial charge in [-0.3, -0.25) is 9.78 Å². The number of nitrogens with one attached hydrogen (secondary N) is 1. The average Bonchev–Trinajstić information content (AvgIpc) is 2.63. The molecule has 0 radical (unpaired) electrons. The number of carbonyl (C=O) groups excluding carboxylic acids is 1. The van der Waals surface area contributed by atoms with Crippen LogP contribution in [0.15, 0.2) is 42.5 Å². The highest BCUT2D eigenvalue weighted by Gasteiger charge is 2.15. The lowest BCUT2D eigenvalue weighted by Gasteiger charge is -2.14. The summed E-state index contributed by atoms with van der Waals surface area (Å²) in [5, 5.41) is 3.46. The zero-order chi connectivity index (χ0) is 19.4. The van der Waals surface area contributed by atoms with Crippen LogP contribution in [-0.4, -0.2) is 24.1 Å². The molecule has 1 heterocycles. The summed E-state index contributed by atoms with van der Waals surface area (Å²) in [7, 11) is 0. The van der Waals surface area contributed by atoms with Crippen LogP contribution in [0.25, 0.3) is 10.9 Å². The molecule has 3 rings (SSSR count). The Balaban J connectivity index is 2.00. The molecule has 1 aromatic heterocycles. The van der Waals surface area contributed by atoms with Gasteiger partial charge in [-0.15, -0.1) is 0 Å². The molecule has 1 N–H and O–H groups in total. The number of ether oxygens (including phenoxy) is 2. The first kappa shape index (κ1) is 18.6. The normalized spacial score (nSPS) is 10.7. The van der Waals surface area contributed by atoms with Crippen LogP contribution in [0, 0.1) is 12.7 Å². The fourth-order valence-corrected chi connectivity index (χ4v) is 2.86. The third-order valence-electron chi connectivity index (χ3n) is 3.95. The Morgan fingerprint density at radius 2 is 1.85 bits per heavy atom. The van der Waals surface area contributed by atoms with E-state index in [4.69, 9.17) is 9.47 Å². The van der Waals surface area contributed by atoms with Gasteiger partial charge in [-0.05, 0) is 51.1 Å². The molecule has 0 bridgehead atoms. The van der Waals surface area contributed by atoms with E-state index in [1.54, 1.807) is 37.3 Å². The van der Waals surface area contributed by atoms with Gasteiger partial charge < -0.3 is 14.8 Å². The highest BCUT2D eigenvalue weighted by Crippen LogP contribution is 2.30. The first-order valence-electron chi connectivity index (χ1n) is 8.79. The Labute approximate surface area is 157 Å². The number of halogens is 1. The number of anilines is 1. The van der Waals surface area contributed by atoms with Crippen molar-refractivity contribution in [2.45, 2.75) is 20.8 Å². The van der Waals surface area contributed by atoms with E-state index in [2.05, 4.69) is 10.3 Å². The molecule has 0 fully saturated rings. The summed E-state index contributed by atoms with van der Waals surface area (Å²) in [6.45, 7) is 6.51. The Bertz CT molecular complexity index is 983. The molecular formula is C21H21FN2O3. The van der Waals surface area contributed by atoms with Crippen molar-refractivity contribution < 1.29 is 18.7 Å². The second-order valence-electron chi connectivity index (χ2n) is 5.95. The van der Waals surface area contributed by atoms with Gasteiger partial charge in [0.25, 0.3) is 5.91 Å². The highest BCUT2D eigenvalue weighted by molar-refractivity contribution is 6.12. The summed E-state index contributed by atoms with van der Waals surface area (Å²) in [5.41, 5.74) is 2.00. The molecule has 6 heteroatoms. The minimum Gasteiger partial charge on any atom is -0.494 e. The van der Waals surface area contributed by atoms with Crippen molar-refractivity contribution in [2.24, 2.45) is 0 Å². The van der Waals surface area contributed by atoms with Crippen LogP contribution < -0.4 is 14.8 Å². The molecule has 0 aliphatic carbocycles. The zero-order valence-electron chi connectivity index (χ0n) is 15.5. The van der Waals surface area contributed by atoms with Crippen LogP contribution in [0.3, 0.4) is 0 Å². The summed E-state index contributed by atoms with van der Waals surface area (Å²) in [4.78, 5) is 17.3. The summed E-state index contributed by atoms with van der Waals surface area (Å²) >= 11 is 0. The first-order valence-corrected chi connectivity index (χ1v) is 8.79. The number of hydrogen-bond donors (Lipinski definition) is 1. The largest absolute Gasteiger partial charge is 0.494 e. The van der Waals surface area contributed by atoms with Gasteiger partial charge in [0.1, 0.15) is 17.3 Å². The van der Waals surface area contributed by atoms with Gasteiger partial charge in [0.2, 0.25) is 0 Å². The number of amides is 1. The maximum atomic E-state index is 13.5. The van der Waals surface area contributed by atoms with Crippen molar-refractivity contribution in [1.82, 2.24) is 4.98 Å². The number of nitrogens with zero attached hydrogens (tertiary/aromatic N) is 1. The Morgan fingerprint density at radius 3 is 2.59 bits per heavy atom. The van der Waals surface area contributed by atoms with E-state index in [1.165, 1.54) is 12.1 Å². The maximum absolute atomic E-state index is 13.5. The molecule has 0 aliphatic heterocycles. The molecule has 0 aliphatic rings. The minimum absolute atomic E-state index is 0.327. The summed E-state index contributed by atoms with van der Waals surface area (Å²) in [6.07, 6.45) is 0. The lowest BCUT2D eigenvalue weighted by atomic mass is 10.1. The number of pyridine rings is 1. The highest BCUT2D eigenvalue weighted by atomic mass is 19.1. The summed E-state index contributed by atoms with van der Waals surface area (Å²) < 4.78 is 24.6. The smallest absolute Gasteiger partial charge is 0.256 e. The van der Waals surface area contributed by atoms with E-state index in [0.717, 1.165) is 0 Å².